The molecule has 0 saturated heterocycles. The highest BCUT2D eigenvalue weighted by molar-refractivity contribution is 7.99. The number of aromatic nitrogens is 3. The minimum atomic E-state index is 0.655. The van der Waals surface area contributed by atoms with Crippen molar-refractivity contribution in [3.63, 3.8) is 0 Å². The van der Waals surface area contributed by atoms with Gasteiger partial charge >= 0.3 is 0 Å². The Balaban J connectivity index is 2.16. The summed E-state index contributed by atoms with van der Waals surface area (Å²) in [7, 11) is 1.65. The summed E-state index contributed by atoms with van der Waals surface area (Å²) in [5.41, 5.74) is 1.84. The smallest absolute Gasteiger partial charge is 0.196 e. The Kier molecular flexibility index (Phi) is 4.88. The summed E-state index contributed by atoms with van der Waals surface area (Å²) in [6, 6.07) is 15.5. The Morgan fingerprint density at radius 3 is 2.48 bits per heavy atom. The molecular formula is C17H16ClN3OS. The fourth-order valence-electron chi connectivity index (χ4n) is 2.27. The van der Waals surface area contributed by atoms with Gasteiger partial charge < -0.3 is 4.74 Å². The summed E-state index contributed by atoms with van der Waals surface area (Å²) in [6.07, 6.45) is 0. The Bertz CT molecular complexity index is 802. The first-order chi connectivity index (χ1) is 11.2. The molecule has 0 bridgehead atoms. The number of rotatable bonds is 5. The lowest BCUT2D eigenvalue weighted by molar-refractivity contribution is 0.414. The van der Waals surface area contributed by atoms with Crippen molar-refractivity contribution < 1.29 is 4.74 Å². The second-order valence-electron chi connectivity index (χ2n) is 4.75. The zero-order valence-corrected chi connectivity index (χ0v) is 14.4. The van der Waals surface area contributed by atoms with Crippen molar-refractivity contribution in [2.45, 2.75) is 12.1 Å². The van der Waals surface area contributed by atoms with Gasteiger partial charge in [-0.25, -0.2) is 0 Å². The lowest BCUT2D eigenvalue weighted by Crippen LogP contribution is -2.00. The third kappa shape index (κ3) is 3.21. The topological polar surface area (TPSA) is 39.9 Å². The van der Waals surface area contributed by atoms with Crippen LogP contribution in [0.1, 0.15) is 6.92 Å². The molecule has 6 heteroatoms. The van der Waals surface area contributed by atoms with Crippen molar-refractivity contribution in [1.82, 2.24) is 14.8 Å². The zero-order valence-electron chi connectivity index (χ0n) is 12.9. The molecule has 0 spiro atoms. The number of hydrogen-bond donors (Lipinski definition) is 0. The Labute approximate surface area is 144 Å². The van der Waals surface area contributed by atoms with Gasteiger partial charge in [0.05, 0.1) is 12.1 Å². The number of nitrogens with zero attached hydrogens (tertiary/aromatic N) is 3. The number of hydrogen-bond acceptors (Lipinski definition) is 4. The van der Waals surface area contributed by atoms with Gasteiger partial charge in [-0.2, -0.15) is 0 Å². The molecule has 2 aromatic carbocycles. The van der Waals surface area contributed by atoms with Crippen LogP contribution in [0.5, 0.6) is 5.75 Å². The van der Waals surface area contributed by atoms with Crippen LogP contribution in [0.15, 0.2) is 53.7 Å². The van der Waals surface area contributed by atoms with Gasteiger partial charge in [0, 0.05) is 11.3 Å². The first-order valence-corrected chi connectivity index (χ1v) is 8.58. The minimum absolute atomic E-state index is 0.655. The van der Waals surface area contributed by atoms with Gasteiger partial charge in [0.15, 0.2) is 11.0 Å². The van der Waals surface area contributed by atoms with E-state index < -0.39 is 0 Å². The molecule has 0 N–H and O–H groups in total. The normalized spacial score (nSPS) is 10.7. The lowest BCUT2D eigenvalue weighted by atomic mass is 10.2. The maximum atomic E-state index is 6.34. The summed E-state index contributed by atoms with van der Waals surface area (Å²) in [5.74, 6) is 2.46. The molecule has 0 radical (unpaired) electrons. The van der Waals surface area contributed by atoms with E-state index in [9.17, 15) is 0 Å². The van der Waals surface area contributed by atoms with Crippen LogP contribution < -0.4 is 4.74 Å². The molecular weight excluding hydrogens is 330 g/mol. The van der Waals surface area contributed by atoms with Crippen LogP contribution in [0.3, 0.4) is 0 Å². The predicted octanol–water partition coefficient (Wildman–Crippen LogP) is 4.71. The molecule has 23 heavy (non-hydrogen) atoms. The highest BCUT2D eigenvalue weighted by Crippen LogP contribution is 2.32. The fourth-order valence-corrected chi connectivity index (χ4v) is 3.17. The van der Waals surface area contributed by atoms with Crippen molar-refractivity contribution in [1.29, 1.82) is 0 Å². The lowest BCUT2D eigenvalue weighted by Gasteiger charge is -2.11. The van der Waals surface area contributed by atoms with E-state index in [1.807, 2.05) is 53.1 Å². The predicted molar refractivity (Wildman–Crippen MR) is 94.8 cm³/mol. The molecule has 0 saturated carbocycles. The van der Waals surface area contributed by atoms with E-state index in [1.54, 1.807) is 18.9 Å². The molecule has 0 aliphatic rings. The van der Waals surface area contributed by atoms with Gasteiger partial charge in [-0.3, -0.25) is 4.57 Å². The summed E-state index contributed by atoms with van der Waals surface area (Å²) in [6.45, 7) is 2.09. The van der Waals surface area contributed by atoms with Crippen LogP contribution in [0.25, 0.3) is 17.1 Å². The third-order valence-electron chi connectivity index (χ3n) is 3.35. The van der Waals surface area contributed by atoms with Crippen LogP contribution in [-0.2, 0) is 0 Å². The highest BCUT2D eigenvalue weighted by atomic mass is 35.5. The van der Waals surface area contributed by atoms with E-state index in [0.717, 1.165) is 33.7 Å². The van der Waals surface area contributed by atoms with Crippen LogP contribution >= 0.6 is 23.4 Å². The number of benzene rings is 2. The first kappa shape index (κ1) is 15.9. The average Bonchev–Trinajstić information content (AvgIpc) is 2.99. The standard InChI is InChI=1S/C17H16ClN3OS/c1-3-23-17-20-19-16(14-6-4-5-7-15(14)18)21(17)12-8-10-13(22-2)11-9-12/h4-11H,3H2,1-2H3. The van der Waals surface area contributed by atoms with Gasteiger partial charge in [0.2, 0.25) is 0 Å². The monoisotopic (exact) mass is 345 g/mol. The highest BCUT2D eigenvalue weighted by Gasteiger charge is 2.17. The maximum Gasteiger partial charge on any atom is 0.196 e. The van der Waals surface area contributed by atoms with Crippen LogP contribution in [0, 0.1) is 0 Å². The third-order valence-corrected chi connectivity index (χ3v) is 4.49. The van der Waals surface area contributed by atoms with Crippen LogP contribution in [0.4, 0.5) is 0 Å². The van der Waals surface area contributed by atoms with Gasteiger partial charge in [-0.05, 0) is 42.2 Å². The SMILES string of the molecule is CCSc1nnc(-c2ccccc2Cl)n1-c1ccc(OC)cc1. The molecule has 0 aliphatic heterocycles. The number of halogens is 1. The number of ether oxygens (including phenoxy) is 1. The van der Waals surface area contributed by atoms with Gasteiger partial charge in [0.25, 0.3) is 0 Å². The van der Waals surface area contributed by atoms with Crippen molar-refractivity contribution in [3.05, 3.63) is 53.6 Å². The van der Waals surface area contributed by atoms with Crippen molar-refractivity contribution in [2.24, 2.45) is 0 Å². The number of methoxy groups -OCH3 is 1. The Hall–Kier alpha value is -1.98. The summed E-state index contributed by atoms with van der Waals surface area (Å²) in [5, 5.41) is 10.2. The van der Waals surface area contributed by atoms with E-state index in [2.05, 4.69) is 17.1 Å². The molecule has 0 amide bonds. The Morgan fingerprint density at radius 2 is 1.83 bits per heavy atom. The van der Waals surface area contributed by atoms with Crippen LogP contribution in [-0.4, -0.2) is 27.6 Å². The van der Waals surface area contributed by atoms with Gasteiger partial charge in [0.1, 0.15) is 5.75 Å². The molecule has 0 aliphatic carbocycles. The summed E-state index contributed by atoms with van der Waals surface area (Å²) < 4.78 is 7.25. The van der Waals surface area contributed by atoms with Gasteiger partial charge in [-0.15, -0.1) is 10.2 Å². The summed E-state index contributed by atoms with van der Waals surface area (Å²) >= 11 is 7.99. The van der Waals surface area contributed by atoms with Crippen molar-refractivity contribution in [3.8, 4) is 22.8 Å². The largest absolute Gasteiger partial charge is 0.497 e. The molecule has 0 unspecified atom stereocenters. The molecule has 0 atom stereocenters. The second kappa shape index (κ2) is 7.06. The van der Waals surface area contributed by atoms with E-state index >= 15 is 0 Å². The molecule has 0 fully saturated rings. The van der Waals surface area contributed by atoms with Crippen LogP contribution in [0.2, 0.25) is 5.02 Å². The van der Waals surface area contributed by atoms with E-state index in [4.69, 9.17) is 16.3 Å². The van der Waals surface area contributed by atoms with Crippen molar-refractivity contribution in [2.75, 3.05) is 12.9 Å². The fraction of sp³-hybridized carbons (Fsp3) is 0.176. The van der Waals surface area contributed by atoms with E-state index in [-0.39, 0.29) is 0 Å². The quantitative estimate of drug-likeness (QED) is 0.628. The van der Waals surface area contributed by atoms with Gasteiger partial charge in [-0.1, -0.05) is 42.4 Å². The van der Waals surface area contributed by atoms with Crippen molar-refractivity contribution >= 4 is 23.4 Å². The maximum absolute atomic E-state index is 6.34. The minimum Gasteiger partial charge on any atom is -0.497 e. The average molecular weight is 346 g/mol. The molecule has 3 rings (SSSR count). The number of thioether (sulfide) groups is 1. The molecule has 3 aromatic rings. The van der Waals surface area contributed by atoms with E-state index in [1.165, 1.54) is 0 Å². The van der Waals surface area contributed by atoms with E-state index in [0.29, 0.717) is 5.02 Å². The molecule has 1 aromatic heterocycles. The summed E-state index contributed by atoms with van der Waals surface area (Å²) in [4.78, 5) is 0. The molecule has 1 heterocycles. The molecule has 4 nitrogen and oxygen atoms in total. The zero-order chi connectivity index (χ0) is 16.2. The molecule has 118 valence electrons. The Morgan fingerprint density at radius 1 is 1.09 bits per heavy atom. The first-order valence-electron chi connectivity index (χ1n) is 7.22. The second-order valence-corrected chi connectivity index (χ2v) is 6.39.